The number of carbonyl (C=O) groups is 2. The molecule has 1 saturated heterocycles. The molecule has 0 atom stereocenters. The number of benzene rings is 1. The van der Waals surface area contributed by atoms with Gasteiger partial charge >= 0.3 is 6.09 Å². The van der Waals surface area contributed by atoms with Crippen LogP contribution in [0, 0.1) is 12.7 Å². The third kappa shape index (κ3) is 6.82. The summed E-state index contributed by atoms with van der Waals surface area (Å²) in [4.78, 5) is 28.2. The average molecular weight is 379 g/mol. The Kier molecular flexibility index (Phi) is 7.18. The van der Waals surface area contributed by atoms with Crippen LogP contribution in [0.15, 0.2) is 18.2 Å². The largest absolute Gasteiger partial charge is 0.444 e. The first-order chi connectivity index (χ1) is 12.7. The summed E-state index contributed by atoms with van der Waals surface area (Å²) in [5.74, 6) is -0.657. The first-order valence-electron chi connectivity index (χ1n) is 9.40. The van der Waals surface area contributed by atoms with E-state index in [1.807, 2.05) is 20.8 Å². The SMILES string of the molecule is Cc1ccc(F)cc1C(=O)NCCCN1CCN(C(=O)OC(C)(C)C)CC1. The van der Waals surface area contributed by atoms with Crippen LogP contribution < -0.4 is 5.32 Å². The van der Waals surface area contributed by atoms with Crippen LogP contribution >= 0.6 is 0 Å². The summed E-state index contributed by atoms with van der Waals surface area (Å²) in [7, 11) is 0. The molecule has 0 aliphatic carbocycles. The van der Waals surface area contributed by atoms with Crippen molar-refractivity contribution in [3.8, 4) is 0 Å². The molecule has 0 spiro atoms. The Hall–Kier alpha value is -2.15. The third-order valence-corrected chi connectivity index (χ3v) is 4.40. The van der Waals surface area contributed by atoms with E-state index in [0.717, 1.165) is 31.6 Å². The molecule has 1 aromatic rings. The van der Waals surface area contributed by atoms with Crippen molar-refractivity contribution in [2.75, 3.05) is 39.3 Å². The van der Waals surface area contributed by atoms with Gasteiger partial charge in [-0.25, -0.2) is 9.18 Å². The third-order valence-electron chi connectivity index (χ3n) is 4.40. The average Bonchev–Trinajstić information content (AvgIpc) is 2.59. The van der Waals surface area contributed by atoms with Crippen LogP contribution in [0.4, 0.5) is 9.18 Å². The highest BCUT2D eigenvalue weighted by molar-refractivity contribution is 5.95. The number of carbonyl (C=O) groups excluding carboxylic acids is 2. The summed E-state index contributed by atoms with van der Waals surface area (Å²) in [6.07, 6.45) is 0.534. The lowest BCUT2D eigenvalue weighted by atomic mass is 10.1. The van der Waals surface area contributed by atoms with Gasteiger partial charge in [0.25, 0.3) is 5.91 Å². The fourth-order valence-electron chi connectivity index (χ4n) is 2.92. The first-order valence-corrected chi connectivity index (χ1v) is 9.40. The molecule has 6 nitrogen and oxygen atoms in total. The molecule has 0 aromatic heterocycles. The van der Waals surface area contributed by atoms with Crippen LogP contribution in [0.25, 0.3) is 0 Å². The summed E-state index contributed by atoms with van der Waals surface area (Å²) in [6, 6.07) is 4.22. The van der Waals surface area contributed by atoms with Crippen LogP contribution in [-0.2, 0) is 4.74 Å². The van der Waals surface area contributed by atoms with E-state index in [-0.39, 0.29) is 12.0 Å². The molecule has 1 aliphatic rings. The van der Waals surface area contributed by atoms with E-state index in [2.05, 4.69) is 10.2 Å². The smallest absolute Gasteiger partial charge is 0.410 e. The number of amides is 2. The number of aryl methyl sites for hydroxylation is 1. The molecule has 150 valence electrons. The van der Waals surface area contributed by atoms with E-state index in [1.54, 1.807) is 17.9 Å². The second-order valence-corrected chi connectivity index (χ2v) is 7.88. The Bertz CT molecular complexity index is 665. The highest BCUT2D eigenvalue weighted by atomic mass is 19.1. The lowest BCUT2D eigenvalue weighted by molar-refractivity contribution is 0.0144. The highest BCUT2D eigenvalue weighted by Crippen LogP contribution is 2.12. The molecule has 0 radical (unpaired) electrons. The van der Waals surface area contributed by atoms with Gasteiger partial charge in [0.1, 0.15) is 11.4 Å². The maximum absolute atomic E-state index is 13.3. The molecule has 0 saturated carbocycles. The van der Waals surface area contributed by atoms with E-state index in [9.17, 15) is 14.0 Å². The number of piperazine rings is 1. The van der Waals surface area contributed by atoms with Crippen molar-refractivity contribution in [2.45, 2.75) is 39.7 Å². The number of rotatable bonds is 5. The minimum absolute atomic E-state index is 0.248. The van der Waals surface area contributed by atoms with Crippen LogP contribution in [0.2, 0.25) is 0 Å². The number of nitrogens with zero attached hydrogens (tertiary/aromatic N) is 2. The Morgan fingerprint density at radius 1 is 1.19 bits per heavy atom. The molecule has 1 fully saturated rings. The molecular weight excluding hydrogens is 349 g/mol. The zero-order valence-corrected chi connectivity index (χ0v) is 16.7. The van der Waals surface area contributed by atoms with E-state index >= 15 is 0 Å². The number of hydrogen-bond donors (Lipinski definition) is 1. The molecular formula is C20H30FN3O3. The van der Waals surface area contributed by atoms with Gasteiger partial charge in [-0.05, 0) is 58.4 Å². The number of ether oxygens (including phenoxy) is 1. The van der Waals surface area contributed by atoms with Crippen molar-refractivity contribution in [1.82, 2.24) is 15.1 Å². The standard InChI is InChI=1S/C20H30FN3O3/c1-15-6-7-16(21)14-17(15)18(25)22-8-5-9-23-10-12-24(13-11-23)19(26)27-20(2,3)4/h6-7,14H,5,8-13H2,1-4H3,(H,22,25). The number of halogens is 1. The maximum Gasteiger partial charge on any atom is 0.410 e. The minimum atomic E-state index is -0.480. The monoisotopic (exact) mass is 379 g/mol. The molecule has 2 amide bonds. The Morgan fingerprint density at radius 3 is 2.48 bits per heavy atom. The molecule has 1 aromatic carbocycles. The number of nitrogens with one attached hydrogen (secondary N) is 1. The van der Waals surface area contributed by atoms with Crippen molar-refractivity contribution in [3.05, 3.63) is 35.1 Å². The quantitative estimate of drug-likeness (QED) is 0.799. The molecule has 7 heteroatoms. The van der Waals surface area contributed by atoms with Crippen LogP contribution in [0.3, 0.4) is 0 Å². The Labute approximate surface area is 160 Å². The molecule has 1 heterocycles. The lowest BCUT2D eigenvalue weighted by Gasteiger charge is -2.35. The molecule has 0 unspecified atom stereocenters. The molecule has 2 rings (SSSR count). The van der Waals surface area contributed by atoms with Crippen molar-refractivity contribution in [3.63, 3.8) is 0 Å². The van der Waals surface area contributed by atoms with Gasteiger partial charge in [0.2, 0.25) is 0 Å². The van der Waals surface area contributed by atoms with E-state index < -0.39 is 11.4 Å². The van der Waals surface area contributed by atoms with E-state index in [1.165, 1.54) is 12.1 Å². The minimum Gasteiger partial charge on any atom is -0.444 e. The second-order valence-electron chi connectivity index (χ2n) is 7.88. The topological polar surface area (TPSA) is 61.9 Å². The Morgan fingerprint density at radius 2 is 1.85 bits per heavy atom. The maximum atomic E-state index is 13.3. The fourth-order valence-corrected chi connectivity index (χ4v) is 2.92. The summed E-state index contributed by atoms with van der Waals surface area (Å²) >= 11 is 0. The van der Waals surface area contributed by atoms with Crippen LogP contribution in [0.5, 0.6) is 0 Å². The van der Waals surface area contributed by atoms with Gasteiger partial charge in [-0.1, -0.05) is 6.07 Å². The zero-order chi connectivity index (χ0) is 20.0. The van der Waals surface area contributed by atoms with Crippen LogP contribution in [-0.4, -0.2) is 66.7 Å². The van der Waals surface area contributed by atoms with Gasteiger partial charge in [-0.15, -0.1) is 0 Å². The molecule has 1 N–H and O–H groups in total. The van der Waals surface area contributed by atoms with Gasteiger partial charge in [-0.2, -0.15) is 0 Å². The highest BCUT2D eigenvalue weighted by Gasteiger charge is 2.25. The van der Waals surface area contributed by atoms with Gasteiger partial charge in [0, 0.05) is 38.3 Å². The Balaban J connectivity index is 1.67. The number of hydrogen-bond acceptors (Lipinski definition) is 4. The van der Waals surface area contributed by atoms with Gasteiger partial charge < -0.3 is 15.0 Å². The zero-order valence-electron chi connectivity index (χ0n) is 16.7. The summed E-state index contributed by atoms with van der Waals surface area (Å²) in [5, 5.41) is 2.84. The van der Waals surface area contributed by atoms with Gasteiger partial charge in [-0.3, -0.25) is 9.69 Å². The van der Waals surface area contributed by atoms with Crippen LogP contribution in [0.1, 0.15) is 43.1 Å². The summed E-state index contributed by atoms with van der Waals surface area (Å²) in [6.45, 7) is 11.6. The predicted molar refractivity (Wildman–Crippen MR) is 102 cm³/mol. The summed E-state index contributed by atoms with van der Waals surface area (Å²) < 4.78 is 18.7. The second kappa shape index (κ2) is 9.17. The summed E-state index contributed by atoms with van der Waals surface area (Å²) in [5.41, 5.74) is 0.653. The first kappa shape index (κ1) is 21.2. The predicted octanol–water partition coefficient (Wildman–Crippen LogP) is 2.81. The van der Waals surface area contributed by atoms with Gasteiger partial charge in [0.15, 0.2) is 0 Å². The van der Waals surface area contributed by atoms with E-state index in [0.29, 0.717) is 25.2 Å². The molecule has 1 aliphatic heterocycles. The molecule has 27 heavy (non-hydrogen) atoms. The van der Waals surface area contributed by atoms with Crippen molar-refractivity contribution >= 4 is 12.0 Å². The lowest BCUT2D eigenvalue weighted by Crippen LogP contribution is -2.50. The van der Waals surface area contributed by atoms with E-state index in [4.69, 9.17) is 4.74 Å². The fraction of sp³-hybridized carbons (Fsp3) is 0.600. The van der Waals surface area contributed by atoms with Crippen molar-refractivity contribution < 1.29 is 18.7 Å². The van der Waals surface area contributed by atoms with Crippen molar-refractivity contribution in [2.24, 2.45) is 0 Å². The van der Waals surface area contributed by atoms with Gasteiger partial charge in [0.05, 0.1) is 0 Å². The molecule has 0 bridgehead atoms. The van der Waals surface area contributed by atoms with Crippen molar-refractivity contribution in [1.29, 1.82) is 0 Å². The normalized spacial score (nSPS) is 15.5.